The van der Waals surface area contributed by atoms with Gasteiger partial charge in [-0.05, 0) is 60.7 Å². The Morgan fingerprint density at radius 1 is 1.06 bits per heavy atom. The first-order valence-electron chi connectivity index (χ1n) is 7.46. The highest BCUT2D eigenvalue weighted by atomic mass is 16.5. The second kappa shape index (κ2) is 5.10. The summed E-state index contributed by atoms with van der Waals surface area (Å²) in [5.74, 6) is 0.565. The first kappa shape index (κ1) is 14.3. The van der Waals surface area contributed by atoms with Gasteiger partial charge in [0.1, 0.15) is 0 Å². The Bertz CT molecular complexity index is 282. The van der Waals surface area contributed by atoms with E-state index in [0.717, 1.165) is 0 Å². The number of rotatable bonds is 3. The number of hydrogen-bond donors (Lipinski definition) is 1. The molecule has 2 aliphatic rings. The molecule has 0 spiro atoms. The zero-order chi connectivity index (χ0) is 13.4. The van der Waals surface area contributed by atoms with Gasteiger partial charge < -0.3 is 15.0 Å². The second-order valence-electron chi connectivity index (χ2n) is 7.04. The summed E-state index contributed by atoms with van der Waals surface area (Å²) in [4.78, 5) is 2.63. The maximum absolute atomic E-state index is 6.30. The van der Waals surface area contributed by atoms with Gasteiger partial charge in [0.05, 0.1) is 11.2 Å². The number of piperidine rings is 1. The fourth-order valence-corrected chi connectivity index (χ4v) is 4.00. The van der Waals surface area contributed by atoms with Crippen molar-refractivity contribution in [3.63, 3.8) is 0 Å². The molecule has 0 bridgehead atoms. The molecule has 2 unspecified atom stereocenters. The first-order chi connectivity index (χ1) is 8.37. The van der Waals surface area contributed by atoms with Crippen LogP contribution in [-0.4, -0.2) is 48.8 Å². The minimum Gasteiger partial charge on any atom is -0.368 e. The monoisotopic (exact) mass is 254 g/mol. The molecule has 2 aliphatic heterocycles. The number of ether oxygens (including phenoxy) is 1. The molecular weight excluding hydrogens is 224 g/mol. The SMILES string of the molecule is CNC1C(CN2CCCCC2)C(C)(C)OC1(C)C. The van der Waals surface area contributed by atoms with E-state index < -0.39 is 0 Å². The standard InChI is InChI=1S/C15H30N2O/c1-14(2)12(11-17-9-7-6-8-10-17)13(16-5)15(3,4)18-14/h12-13,16H,6-11H2,1-5H3. The van der Waals surface area contributed by atoms with Crippen molar-refractivity contribution in [3.8, 4) is 0 Å². The average molecular weight is 254 g/mol. The van der Waals surface area contributed by atoms with E-state index in [1.54, 1.807) is 0 Å². The highest BCUT2D eigenvalue weighted by Gasteiger charge is 2.53. The van der Waals surface area contributed by atoms with Gasteiger partial charge in [-0.15, -0.1) is 0 Å². The largest absolute Gasteiger partial charge is 0.368 e. The summed E-state index contributed by atoms with van der Waals surface area (Å²) in [7, 11) is 2.07. The predicted molar refractivity (Wildman–Crippen MR) is 75.9 cm³/mol. The molecule has 0 amide bonds. The number of hydrogen-bond acceptors (Lipinski definition) is 3. The van der Waals surface area contributed by atoms with Gasteiger partial charge in [-0.2, -0.15) is 0 Å². The quantitative estimate of drug-likeness (QED) is 0.836. The van der Waals surface area contributed by atoms with Crippen LogP contribution in [0.4, 0.5) is 0 Å². The maximum atomic E-state index is 6.30. The molecule has 18 heavy (non-hydrogen) atoms. The van der Waals surface area contributed by atoms with Crippen molar-refractivity contribution in [2.45, 2.75) is 64.2 Å². The minimum atomic E-state index is -0.0707. The van der Waals surface area contributed by atoms with Crippen LogP contribution in [0.5, 0.6) is 0 Å². The van der Waals surface area contributed by atoms with Crippen molar-refractivity contribution in [1.29, 1.82) is 0 Å². The van der Waals surface area contributed by atoms with Gasteiger partial charge in [0.25, 0.3) is 0 Å². The fraction of sp³-hybridized carbons (Fsp3) is 1.00. The first-order valence-corrected chi connectivity index (χ1v) is 7.46. The Balaban J connectivity index is 2.08. The van der Waals surface area contributed by atoms with E-state index in [1.807, 2.05) is 0 Å². The zero-order valence-corrected chi connectivity index (χ0v) is 12.8. The van der Waals surface area contributed by atoms with Crippen molar-refractivity contribution in [3.05, 3.63) is 0 Å². The predicted octanol–water partition coefficient (Wildman–Crippen LogP) is 2.26. The Kier molecular flexibility index (Phi) is 4.05. The van der Waals surface area contributed by atoms with Crippen LogP contribution in [0.1, 0.15) is 47.0 Å². The van der Waals surface area contributed by atoms with Crippen molar-refractivity contribution in [2.75, 3.05) is 26.7 Å². The summed E-state index contributed by atoms with van der Waals surface area (Å²) < 4.78 is 6.30. The average Bonchev–Trinajstić information content (AvgIpc) is 2.45. The van der Waals surface area contributed by atoms with E-state index in [-0.39, 0.29) is 11.2 Å². The Hall–Kier alpha value is -0.120. The molecule has 2 fully saturated rings. The summed E-state index contributed by atoms with van der Waals surface area (Å²) in [5.41, 5.74) is -0.104. The highest BCUT2D eigenvalue weighted by molar-refractivity contribution is 5.05. The van der Waals surface area contributed by atoms with Crippen LogP contribution in [0.25, 0.3) is 0 Å². The molecule has 106 valence electrons. The lowest BCUT2D eigenvalue weighted by molar-refractivity contribution is -0.0796. The Morgan fingerprint density at radius 3 is 2.22 bits per heavy atom. The van der Waals surface area contributed by atoms with Crippen molar-refractivity contribution in [2.24, 2.45) is 5.92 Å². The topological polar surface area (TPSA) is 24.5 Å². The zero-order valence-electron chi connectivity index (χ0n) is 12.8. The highest BCUT2D eigenvalue weighted by Crippen LogP contribution is 2.42. The van der Waals surface area contributed by atoms with Crippen LogP contribution in [0.15, 0.2) is 0 Å². The van der Waals surface area contributed by atoms with E-state index in [1.165, 1.54) is 38.9 Å². The van der Waals surface area contributed by atoms with E-state index in [2.05, 4.69) is 45.0 Å². The lowest BCUT2D eigenvalue weighted by Crippen LogP contribution is -2.50. The molecule has 0 aromatic carbocycles. The third-order valence-electron chi connectivity index (χ3n) is 4.78. The van der Waals surface area contributed by atoms with Gasteiger partial charge in [0.2, 0.25) is 0 Å². The molecule has 0 aromatic rings. The molecule has 2 atom stereocenters. The van der Waals surface area contributed by atoms with Crippen molar-refractivity contribution >= 4 is 0 Å². The molecule has 0 saturated carbocycles. The third-order valence-corrected chi connectivity index (χ3v) is 4.78. The summed E-state index contributed by atoms with van der Waals surface area (Å²) in [6.45, 7) is 12.6. The van der Waals surface area contributed by atoms with Crippen LogP contribution in [0.2, 0.25) is 0 Å². The molecule has 2 rings (SSSR count). The van der Waals surface area contributed by atoms with Gasteiger partial charge in [-0.1, -0.05) is 6.42 Å². The number of likely N-dealkylation sites (tertiary alicyclic amines) is 1. The molecule has 2 heterocycles. The van der Waals surface area contributed by atoms with Gasteiger partial charge in [-0.25, -0.2) is 0 Å². The molecule has 0 aliphatic carbocycles. The third kappa shape index (κ3) is 2.73. The number of nitrogens with one attached hydrogen (secondary N) is 1. The molecule has 3 heteroatoms. The maximum Gasteiger partial charge on any atom is 0.0790 e. The summed E-state index contributed by atoms with van der Waals surface area (Å²) in [6, 6.07) is 0.439. The van der Waals surface area contributed by atoms with E-state index in [0.29, 0.717) is 12.0 Å². The van der Waals surface area contributed by atoms with Gasteiger partial charge in [0.15, 0.2) is 0 Å². The summed E-state index contributed by atoms with van der Waals surface area (Å²) in [6.07, 6.45) is 4.13. The van der Waals surface area contributed by atoms with Crippen LogP contribution >= 0.6 is 0 Å². The Morgan fingerprint density at radius 2 is 1.67 bits per heavy atom. The molecular formula is C15H30N2O. The second-order valence-corrected chi connectivity index (χ2v) is 7.04. The van der Waals surface area contributed by atoms with Gasteiger partial charge >= 0.3 is 0 Å². The lowest BCUT2D eigenvalue weighted by Gasteiger charge is -2.36. The lowest BCUT2D eigenvalue weighted by atomic mass is 9.82. The molecule has 3 nitrogen and oxygen atoms in total. The molecule has 2 saturated heterocycles. The minimum absolute atomic E-state index is 0.0331. The molecule has 0 radical (unpaired) electrons. The van der Waals surface area contributed by atoms with Crippen LogP contribution < -0.4 is 5.32 Å². The van der Waals surface area contributed by atoms with Crippen LogP contribution in [0.3, 0.4) is 0 Å². The summed E-state index contributed by atoms with van der Waals surface area (Å²) in [5, 5.41) is 3.50. The Labute approximate surface area is 112 Å². The number of nitrogens with zero attached hydrogens (tertiary/aromatic N) is 1. The van der Waals surface area contributed by atoms with Gasteiger partial charge in [0, 0.05) is 18.5 Å². The number of likely N-dealkylation sites (N-methyl/N-ethyl adjacent to an activating group) is 1. The van der Waals surface area contributed by atoms with Crippen LogP contribution in [0, 0.1) is 5.92 Å². The van der Waals surface area contributed by atoms with E-state index in [4.69, 9.17) is 4.74 Å². The normalized spacial score (nSPS) is 35.8. The fourth-order valence-electron chi connectivity index (χ4n) is 4.00. The molecule has 0 aromatic heterocycles. The van der Waals surface area contributed by atoms with Crippen molar-refractivity contribution < 1.29 is 4.74 Å². The van der Waals surface area contributed by atoms with Crippen LogP contribution in [-0.2, 0) is 4.74 Å². The molecule has 1 N–H and O–H groups in total. The summed E-state index contributed by atoms with van der Waals surface area (Å²) >= 11 is 0. The van der Waals surface area contributed by atoms with E-state index in [9.17, 15) is 0 Å². The van der Waals surface area contributed by atoms with Crippen molar-refractivity contribution in [1.82, 2.24) is 10.2 Å². The smallest absolute Gasteiger partial charge is 0.0790 e. The van der Waals surface area contributed by atoms with Gasteiger partial charge in [-0.3, -0.25) is 0 Å². The van der Waals surface area contributed by atoms with E-state index >= 15 is 0 Å².